The highest BCUT2D eigenvalue weighted by atomic mass is 16.5. The van der Waals surface area contributed by atoms with Crippen molar-refractivity contribution in [3.63, 3.8) is 0 Å². The van der Waals surface area contributed by atoms with Crippen LogP contribution < -0.4 is 20.1 Å². The molecule has 0 saturated carbocycles. The number of benzene rings is 3. The van der Waals surface area contributed by atoms with Crippen LogP contribution in [-0.2, 0) is 4.79 Å². The number of carbonyl (C=O) groups is 1. The summed E-state index contributed by atoms with van der Waals surface area (Å²) in [5, 5.41) is 6.06. The molecule has 0 aliphatic carbocycles. The Hall–Kier alpha value is -3.47. The number of aryl methyl sites for hydroxylation is 2. The molecule has 3 aromatic rings. The average Bonchev–Trinajstić information content (AvgIpc) is 2.72. The van der Waals surface area contributed by atoms with Gasteiger partial charge in [0, 0.05) is 17.4 Å². The maximum absolute atomic E-state index is 12.3. The molecule has 5 heteroatoms. The first kappa shape index (κ1) is 20.3. The van der Waals surface area contributed by atoms with Gasteiger partial charge in [-0.3, -0.25) is 4.79 Å². The Morgan fingerprint density at radius 3 is 2.31 bits per heavy atom. The van der Waals surface area contributed by atoms with Gasteiger partial charge in [0.15, 0.2) is 0 Å². The zero-order valence-corrected chi connectivity index (χ0v) is 16.8. The summed E-state index contributed by atoms with van der Waals surface area (Å²) in [6, 6.07) is 23.1. The van der Waals surface area contributed by atoms with Crippen LogP contribution in [0.15, 0.2) is 72.8 Å². The van der Waals surface area contributed by atoms with Gasteiger partial charge in [-0.25, -0.2) is 0 Å². The number of carbonyl (C=O) groups excluding carboxylic acids is 1. The van der Waals surface area contributed by atoms with Crippen LogP contribution >= 0.6 is 0 Å². The molecule has 150 valence electrons. The van der Waals surface area contributed by atoms with Crippen LogP contribution in [0.4, 0.5) is 11.4 Å². The van der Waals surface area contributed by atoms with Crippen molar-refractivity contribution in [1.29, 1.82) is 0 Å². The fourth-order valence-corrected chi connectivity index (χ4v) is 2.89. The second-order valence-corrected chi connectivity index (χ2v) is 6.76. The van der Waals surface area contributed by atoms with Gasteiger partial charge in [-0.1, -0.05) is 42.0 Å². The second kappa shape index (κ2) is 10.2. The Morgan fingerprint density at radius 2 is 1.55 bits per heavy atom. The van der Waals surface area contributed by atoms with E-state index in [1.807, 2.05) is 74.5 Å². The Kier molecular flexibility index (Phi) is 7.11. The highest BCUT2D eigenvalue weighted by Crippen LogP contribution is 2.18. The van der Waals surface area contributed by atoms with Crippen LogP contribution in [0.5, 0.6) is 11.5 Å². The van der Waals surface area contributed by atoms with Crippen molar-refractivity contribution < 1.29 is 14.3 Å². The average molecular weight is 390 g/mol. The van der Waals surface area contributed by atoms with E-state index < -0.39 is 0 Å². The highest BCUT2D eigenvalue weighted by Gasteiger charge is 2.05. The first-order valence-corrected chi connectivity index (χ1v) is 9.62. The van der Waals surface area contributed by atoms with E-state index in [0.717, 1.165) is 17.0 Å². The van der Waals surface area contributed by atoms with E-state index in [4.69, 9.17) is 9.47 Å². The smallest absolute Gasteiger partial charge is 0.243 e. The summed E-state index contributed by atoms with van der Waals surface area (Å²) < 4.78 is 11.3. The van der Waals surface area contributed by atoms with Crippen LogP contribution in [0.2, 0.25) is 0 Å². The van der Waals surface area contributed by atoms with Crippen LogP contribution in [0.3, 0.4) is 0 Å². The summed E-state index contributed by atoms with van der Waals surface area (Å²) in [4.78, 5) is 12.3. The number of rotatable bonds is 9. The van der Waals surface area contributed by atoms with Crippen LogP contribution in [0.25, 0.3) is 0 Å². The fourth-order valence-electron chi connectivity index (χ4n) is 2.89. The monoisotopic (exact) mass is 390 g/mol. The molecule has 3 rings (SSSR count). The SMILES string of the molecule is Cc1ccc(NCC(=O)Nc2cccc(OCCOc3ccccc3)c2)c(C)c1. The Morgan fingerprint density at radius 1 is 0.828 bits per heavy atom. The summed E-state index contributed by atoms with van der Waals surface area (Å²) in [7, 11) is 0. The lowest BCUT2D eigenvalue weighted by atomic mass is 10.1. The quantitative estimate of drug-likeness (QED) is 0.515. The first-order valence-electron chi connectivity index (χ1n) is 9.62. The molecule has 2 N–H and O–H groups in total. The minimum Gasteiger partial charge on any atom is -0.490 e. The summed E-state index contributed by atoms with van der Waals surface area (Å²) in [5.74, 6) is 1.38. The van der Waals surface area contributed by atoms with Gasteiger partial charge in [0.25, 0.3) is 0 Å². The summed E-state index contributed by atoms with van der Waals surface area (Å²) in [6.07, 6.45) is 0. The van der Waals surface area contributed by atoms with Gasteiger partial charge in [-0.2, -0.15) is 0 Å². The summed E-state index contributed by atoms with van der Waals surface area (Å²) in [5.41, 5.74) is 3.97. The zero-order valence-electron chi connectivity index (χ0n) is 16.8. The molecule has 0 spiro atoms. The van der Waals surface area contributed by atoms with E-state index in [1.54, 1.807) is 6.07 Å². The van der Waals surface area contributed by atoms with E-state index in [2.05, 4.69) is 16.7 Å². The third kappa shape index (κ3) is 6.57. The number of ether oxygens (including phenoxy) is 2. The predicted octanol–water partition coefficient (Wildman–Crippen LogP) is 4.81. The second-order valence-electron chi connectivity index (χ2n) is 6.76. The van der Waals surface area contributed by atoms with Crippen molar-refractivity contribution in [2.24, 2.45) is 0 Å². The summed E-state index contributed by atoms with van der Waals surface area (Å²) >= 11 is 0. The number of para-hydroxylation sites is 1. The molecule has 0 radical (unpaired) electrons. The Balaban J connectivity index is 1.44. The van der Waals surface area contributed by atoms with Gasteiger partial charge < -0.3 is 20.1 Å². The van der Waals surface area contributed by atoms with Crippen molar-refractivity contribution in [3.8, 4) is 11.5 Å². The molecule has 0 saturated heterocycles. The molecule has 3 aromatic carbocycles. The minimum atomic E-state index is -0.116. The van der Waals surface area contributed by atoms with Gasteiger partial charge >= 0.3 is 0 Å². The third-order valence-electron chi connectivity index (χ3n) is 4.30. The van der Waals surface area contributed by atoms with Gasteiger partial charge in [0.2, 0.25) is 5.91 Å². The molecule has 0 unspecified atom stereocenters. The van der Waals surface area contributed by atoms with Gasteiger partial charge in [-0.15, -0.1) is 0 Å². The van der Waals surface area contributed by atoms with E-state index in [-0.39, 0.29) is 12.5 Å². The highest BCUT2D eigenvalue weighted by molar-refractivity contribution is 5.94. The lowest BCUT2D eigenvalue weighted by Crippen LogP contribution is -2.22. The van der Waals surface area contributed by atoms with Crippen molar-refractivity contribution in [2.75, 3.05) is 30.4 Å². The molecule has 5 nitrogen and oxygen atoms in total. The largest absolute Gasteiger partial charge is 0.490 e. The van der Waals surface area contributed by atoms with E-state index >= 15 is 0 Å². The molecule has 1 amide bonds. The van der Waals surface area contributed by atoms with Gasteiger partial charge in [-0.05, 0) is 49.7 Å². The van der Waals surface area contributed by atoms with Gasteiger partial charge in [0.05, 0.1) is 6.54 Å². The Bertz CT molecular complexity index is 942. The van der Waals surface area contributed by atoms with Crippen LogP contribution in [-0.4, -0.2) is 25.7 Å². The number of amides is 1. The molecular formula is C24H26N2O3. The lowest BCUT2D eigenvalue weighted by molar-refractivity contribution is -0.114. The summed E-state index contributed by atoms with van der Waals surface area (Å²) in [6.45, 7) is 5.13. The number of anilines is 2. The lowest BCUT2D eigenvalue weighted by Gasteiger charge is -2.12. The van der Waals surface area contributed by atoms with Crippen molar-refractivity contribution >= 4 is 17.3 Å². The molecule has 0 bridgehead atoms. The molecule has 0 aliphatic heterocycles. The molecule has 0 fully saturated rings. The maximum atomic E-state index is 12.3. The molecule has 0 aromatic heterocycles. The number of nitrogens with one attached hydrogen (secondary N) is 2. The molecular weight excluding hydrogens is 364 g/mol. The fraction of sp³-hybridized carbons (Fsp3) is 0.208. The number of hydrogen-bond donors (Lipinski definition) is 2. The van der Waals surface area contributed by atoms with Crippen molar-refractivity contribution in [1.82, 2.24) is 0 Å². The predicted molar refractivity (Wildman–Crippen MR) is 117 cm³/mol. The van der Waals surface area contributed by atoms with Crippen LogP contribution in [0, 0.1) is 13.8 Å². The van der Waals surface area contributed by atoms with Crippen molar-refractivity contribution in [3.05, 3.63) is 83.9 Å². The van der Waals surface area contributed by atoms with E-state index in [1.165, 1.54) is 5.56 Å². The molecule has 0 atom stereocenters. The topological polar surface area (TPSA) is 59.6 Å². The molecule has 0 aliphatic rings. The van der Waals surface area contributed by atoms with Crippen molar-refractivity contribution in [2.45, 2.75) is 13.8 Å². The standard InChI is InChI=1S/C24H26N2O3/c1-18-11-12-23(19(2)15-18)25-17-24(27)26-20-7-6-10-22(16-20)29-14-13-28-21-8-4-3-5-9-21/h3-12,15-16,25H,13-14,17H2,1-2H3,(H,26,27). The van der Waals surface area contributed by atoms with Gasteiger partial charge in [0.1, 0.15) is 24.7 Å². The third-order valence-corrected chi connectivity index (χ3v) is 4.30. The first-order chi connectivity index (χ1) is 14.1. The molecule has 0 heterocycles. The van der Waals surface area contributed by atoms with E-state index in [0.29, 0.717) is 24.7 Å². The minimum absolute atomic E-state index is 0.116. The maximum Gasteiger partial charge on any atom is 0.243 e. The zero-order chi connectivity index (χ0) is 20.5. The van der Waals surface area contributed by atoms with E-state index in [9.17, 15) is 4.79 Å². The number of hydrogen-bond acceptors (Lipinski definition) is 4. The Labute approximate surface area is 171 Å². The normalized spacial score (nSPS) is 10.3. The van der Waals surface area contributed by atoms with Crippen LogP contribution in [0.1, 0.15) is 11.1 Å². The molecule has 29 heavy (non-hydrogen) atoms.